The highest BCUT2D eigenvalue weighted by molar-refractivity contribution is 6.29. The second kappa shape index (κ2) is 30.2. The van der Waals surface area contributed by atoms with Gasteiger partial charge in [-0.05, 0) is 214 Å². The van der Waals surface area contributed by atoms with Crippen LogP contribution in [0.4, 0.5) is 68.2 Å². The number of hydrogen-bond acceptors (Lipinski definition) is 8. The monoisotopic (exact) mass is 1690 g/mol. The van der Waals surface area contributed by atoms with Crippen molar-refractivity contribution < 1.29 is 17.7 Å². The minimum atomic E-state index is -0.992. The van der Waals surface area contributed by atoms with E-state index in [1.54, 1.807) is 0 Å². The van der Waals surface area contributed by atoms with Gasteiger partial charge in [0.15, 0.2) is 11.2 Å². The lowest BCUT2D eigenvalue weighted by Gasteiger charge is -2.36. The van der Waals surface area contributed by atoms with E-state index in [9.17, 15) is 0 Å². The summed E-state index contributed by atoms with van der Waals surface area (Å²) in [6.45, 7) is 4.51. The van der Waals surface area contributed by atoms with Crippen molar-refractivity contribution in [3.8, 4) is 33.4 Å². The Morgan fingerprint density at radius 2 is 0.477 bits per heavy atom. The Kier molecular flexibility index (Phi) is 17.4. The topological polar surface area (TPSA) is 65.5 Å². The molecule has 4 aromatic heterocycles. The van der Waals surface area contributed by atoms with Crippen LogP contribution in [0.3, 0.4) is 0 Å². The highest BCUT2D eigenvalue weighted by Gasteiger charge is 2.53. The van der Waals surface area contributed by atoms with Gasteiger partial charge in [0, 0.05) is 100 Å². The Labute approximate surface area is 762 Å². The van der Waals surface area contributed by atoms with E-state index < -0.39 is 10.8 Å². The fraction of sp³-hybridized carbons (Fsp3) is 0.0323. The molecule has 0 fully saturated rings. The molecule has 2 aliphatic carbocycles. The molecule has 4 heterocycles. The molecule has 0 saturated carbocycles. The molecule has 0 bridgehead atoms. The van der Waals surface area contributed by atoms with Gasteiger partial charge in [0.25, 0.3) is 0 Å². The number of furan rings is 4. The molecule has 622 valence electrons. The van der Waals surface area contributed by atoms with Gasteiger partial charge in [-0.1, -0.05) is 328 Å². The summed E-state index contributed by atoms with van der Waals surface area (Å²) in [5.41, 5.74) is 33.3. The summed E-state index contributed by atoms with van der Waals surface area (Å²) in [4.78, 5) is 9.77. The third kappa shape index (κ3) is 11.3. The Hall–Kier alpha value is -17.2. The van der Waals surface area contributed by atoms with E-state index in [4.69, 9.17) is 17.7 Å². The number of fused-ring (bicyclic) bond motifs is 22. The van der Waals surface area contributed by atoms with Gasteiger partial charge in [0.1, 0.15) is 33.5 Å². The van der Waals surface area contributed by atoms with Crippen LogP contribution in [0.1, 0.15) is 55.6 Å². The summed E-state index contributed by atoms with van der Waals surface area (Å²) in [5, 5.41) is 8.01. The van der Waals surface area contributed by atoms with Crippen molar-refractivity contribution in [3.05, 3.63) is 517 Å². The molecule has 24 aromatic rings. The largest absolute Gasteiger partial charge is 0.455 e. The summed E-state index contributed by atoms with van der Waals surface area (Å²) in [6.07, 6.45) is 0. The molecule has 0 radical (unpaired) electrons. The maximum Gasteiger partial charge on any atom is 0.160 e. The van der Waals surface area contributed by atoms with Crippen molar-refractivity contribution in [2.75, 3.05) is 19.6 Å². The number of benzene rings is 20. The lowest BCUT2D eigenvalue weighted by atomic mass is 9.67. The molecule has 0 atom stereocenters. The van der Waals surface area contributed by atoms with Gasteiger partial charge < -0.3 is 37.3 Å². The van der Waals surface area contributed by atoms with Crippen LogP contribution in [0.5, 0.6) is 0 Å². The number of nitrogens with zero attached hydrogens (tertiary/aromatic N) is 4. The minimum Gasteiger partial charge on any atom is -0.455 e. The molecule has 20 aromatic carbocycles. The SMILES string of the molecule is Cc1ccccc1N(c1ccccc1)c1cc2c(c3c1oc1ccccc13)-c1c(cc(N(c3ccccc3)c3cccc(-c4cccc(N(c5ccccc5)c5cc6c(c7oc8ccccc8c57)-c5c(cc(N(c7ccccc7)c7ccccc7)c7oc8ccccc8c57)C6(c5ccccc5)c5ccccc5)c4)c3C)c3c1oc1ccccc13)C2(c1ccccc1)c1ccccc1. The van der Waals surface area contributed by atoms with E-state index in [2.05, 4.69) is 494 Å². The Balaban J connectivity index is 0.719. The molecular formula is C124H82N4O4. The zero-order valence-electron chi connectivity index (χ0n) is 72.3. The fourth-order valence-corrected chi connectivity index (χ4v) is 22.4. The van der Waals surface area contributed by atoms with Gasteiger partial charge in [0.2, 0.25) is 0 Å². The number of hydrogen-bond donors (Lipinski definition) is 0. The lowest BCUT2D eigenvalue weighted by Crippen LogP contribution is -2.29. The van der Waals surface area contributed by atoms with Gasteiger partial charge in [-0.3, -0.25) is 0 Å². The minimum absolute atomic E-state index is 0.771. The Bertz CT molecular complexity index is 8550. The third-order valence-electron chi connectivity index (χ3n) is 27.8. The van der Waals surface area contributed by atoms with Crippen LogP contribution in [0, 0.1) is 13.8 Å². The molecule has 132 heavy (non-hydrogen) atoms. The van der Waals surface area contributed by atoms with Crippen LogP contribution in [0.25, 0.3) is 121 Å². The smallest absolute Gasteiger partial charge is 0.160 e. The zero-order chi connectivity index (χ0) is 87.3. The van der Waals surface area contributed by atoms with Gasteiger partial charge in [-0.25, -0.2) is 0 Å². The molecule has 2 aliphatic rings. The zero-order valence-corrected chi connectivity index (χ0v) is 72.3. The Morgan fingerprint density at radius 3 is 0.879 bits per heavy atom. The summed E-state index contributed by atoms with van der Waals surface area (Å²) < 4.78 is 30.5. The average molecular weight is 1690 g/mol. The van der Waals surface area contributed by atoms with Crippen molar-refractivity contribution in [1.29, 1.82) is 0 Å². The van der Waals surface area contributed by atoms with Gasteiger partial charge in [0.05, 0.1) is 44.4 Å². The first kappa shape index (κ1) is 76.1. The molecule has 0 amide bonds. The fourth-order valence-electron chi connectivity index (χ4n) is 22.4. The number of anilines is 12. The summed E-state index contributed by atoms with van der Waals surface area (Å²) in [7, 11) is 0. The molecule has 0 spiro atoms. The van der Waals surface area contributed by atoms with E-state index >= 15 is 0 Å². The van der Waals surface area contributed by atoms with E-state index in [1.165, 1.54) is 0 Å². The highest BCUT2D eigenvalue weighted by atomic mass is 16.3. The van der Waals surface area contributed by atoms with Crippen LogP contribution in [0.2, 0.25) is 0 Å². The summed E-state index contributed by atoms with van der Waals surface area (Å²) in [6, 6.07) is 168. The molecule has 8 heteroatoms. The normalized spacial score (nSPS) is 12.9. The van der Waals surface area contributed by atoms with Crippen LogP contribution in [-0.2, 0) is 10.8 Å². The van der Waals surface area contributed by atoms with Crippen molar-refractivity contribution in [2.45, 2.75) is 24.7 Å². The first-order chi connectivity index (χ1) is 65.4. The molecule has 8 nitrogen and oxygen atoms in total. The maximum absolute atomic E-state index is 7.81. The number of para-hydroxylation sites is 10. The van der Waals surface area contributed by atoms with Crippen LogP contribution in [0.15, 0.2) is 479 Å². The molecular weight excluding hydrogens is 1610 g/mol. The van der Waals surface area contributed by atoms with Crippen LogP contribution >= 0.6 is 0 Å². The van der Waals surface area contributed by atoms with E-state index in [1.807, 2.05) is 0 Å². The predicted molar refractivity (Wildman–Crippen MR) is 544 cm³/mol. The second-order valence-electron chi connectivity index (χ2n) is 34.8. The van der Waals surface area contributed by atoms with Gasteiger partial charge >= 0.3 is 0 Å². The van der Waals surface area contributed by atoms with Crippen molar-refractivity contribution >= 4 is 156 Å². The highest BCUT2D eigenvalue weighted by Crippen LogP contribution is 2.68. The maximum atomic E-state index is 7.81. The summed E-state index contributed by atoms with van der Waals surface area (Å²) >= 11 is 0. The quantitative estimate of drug-likeness (QED) is 0.0894. The standard InChI is InChI=1S/C124H82N4O4/c1-79-42-30-35-68-101(79)127(89-58-26-10-27-59-89)106-78-98-116(114-96-66-34-39-73-110(96)130-120(106)114)118-100(124(98,84-48-16-5-17-49-84)85-50-18-6-19-51-85)76-104(112-94-64-32-37-71-108(94)132-122(112)118)128(90-60-28-11-29-61-90)102-69-41-67-92(80(102)2)81-43-40-62-91(74-81)126(88-56-24-9-25-57-88)103-75-99-117(121-111(103)93-63-31-36-70-107(93)131-121)115-97(123(99,82-44-12-3-13-45-82)83-46-14-4-15-47-83)77-105(119-113(115)95-65-33-38-72-109(95)129-119)125(86-52-20-7-21-53-86)87-54-22-8-23-55-87/h3-78H,1-2H3. The number of aryl methyl sites for hydroxylation is 1. The van der Waals surface area contributed by atoms with Crippen molar-refractivity contribution in [1.82, 2.24) is 0 Å². The lowest BCUT2D eigenvalue weighted by molar-refractivity contribution is 0.668. The van der Waals surface area contributed by atoms with Crippen LogP contribution in [-0.4, -0.2) is 0 Å². The van der Waals surface area contributed by atoms with Gasteiger partial charge in [-0.15, -0.1) is 0 Å². The van der Waals surface area contributed by atoms with Gasteiger partial charge in [-0.2, -0.15) is 0 Å². The second-order valence-corrected chi connectivity index (χ2v) is 34.8. The molecule has 0 N–H and O–H groups in total. The van der Waals surface area contributed by atoms with Crippen molar-refractivity contribution in [2.24, 2.45) is 0 Å². The molecule has 0 saturated heterocycles. The molecule has 0 unspecified atom stereocenters. The average Bonchev–Trinajstić information content (AvgIpc) is 1.50. The van der Waals surface area contributed by atoms with Crippen molar-refractivity contribution in [3.63, 3.8) is 0 Å². The Morgan fingerprint density at radius 1 is 0.197 bits per heavy atom. The summed E-state index contributed by atoms with van der Waals surface area (Å²) in [5.74, 6) is 0. The van der Waals surface area contributed by atoms with E-state index in [-0.39, 0.29) is 0 Å². The van der Waals surface area contributed by atoms with Crippen LogP contribution < -0.4 is 19.6 Å². The third-order valence-corrected chi connectivity index (χ3v) is 27.8. The van der Waals surface area contributed by atoms with E-state index in [0.29, 0.717) is 0 Å². The first-order valence-electron chi connectivity index (χ1n) is 45.3. The first-order valence-corrected chi connectivity index (χ1v) is 45.3. The molecule has 26 rings (SSSR count). The van der Waals surface area contributed by atoms with E-state index in [0.717, 1.165) is 245 Å². The predicted octanol–water partition coefficient (Wildman–Crippen LogP) is 34.2. The number of rotatable bonds is 17. The molecule has 0 aliphatic heterocycles.